The second-order valence-electron chi connectivity index (χ2n) is 4.42. The molecule has 2 fully saturated rings. The summed E-state index contributed by atoms with van der Waals surface area (Å²) in [6.07, 6.45) is 4.82. The van der Waals surface area contributed by atoms with Gasteiger partial charge in [-0.25, -0.2) is 0 Å². The first-order chi connectivity index (χ1) is 6.35. The lowest BCUT2D eigenvalue weighted by Crippen LogP contribution is -2.51. The first kappa shape index (κ1) is 9.44. The minimum absolute atomic E-state index is 0.127. The predicted molar refractivity (Wildman–Crippen MR) is 50.6 cm³/mol. The van der Waals surface area contributed by atoms with Crippen LogP contribution in [0.3, 0.4) is 0 Å². The Balaban J connectivity index is 1.92. The van der Waals surface area contributed by atoms with Crippen molar-refractivity contribution in [2.75, 3.05) is 26.4 Å². The van der Waals surface area contributed by atoms with E-state index in [1.165, 1.54) is 12.8 Å². The third kappa shape index (κ3) is 2.42. The largest absolute Gasteiger partial charge is 0.394 e. The molecule has 2 rings (SSSR count). The molecule has 1 aliphatic carbocycles. The second-order valence-corrected chi connectivity index (χ2v) is 4.42. The predicted octanol–water partition coefficient (Wildman–Crippen LogP) is 0.527. The number of hydrogen-bond donors (Lipinski definition) is 2. The Morgan fingerprint density at radius 1 is 1.46 bits per heavy atom. The molecule has 1 saturated carbocycles. The summed E-state index contributed by atoms with van der Waals surface area (Å²) in [5.41, 5.74) is -0.127. The summed E-state index contributed by atoms with van der Waals surface area (Å²) < 4.78 is 5.51. The molecule has 0 aromatic rings. The zero-order valence-corrected chi connectivity index (χ0v) is 8.09. The molecule has 0 amide bonds. The molecule has 1 atom stereocenters. The Kier molecular flexibility index (Phi) is 2.86. The van der Waals surface area contributed by atoms with Crippen LogP contribution in [0.25, 0.3) is 0 Å². The van der Waals surface area contributed by atoms with Crippen LogP contribution in [0.15, 0.2) is 0 Å². The van der Waals surface area contributed by atoms with Crippen LogP contribution in [-0.2, 0) is 4.74 Å². The van der Waals surface area contributed by atoms with Crippen molar-refractivity contribution in [1.29, 1.82) is 0 Å². The average molecular weight is 185 g/mol. The van der Waals surface area contributed by atoms with Crippen LogP contribution < -0.4 is 5.32 Å². The molecule has 2 aliphatic rings. The summed E-state index contributed by atoms with van der Waals surface area (Å²) in [6, 6.07) is 0. The molecule has 1 aliphatic heterocycles. The Morgan fingerprint density at radius 2 is 2.31 bits per heavy atom. The highest BCUT2D eigenvalue weighted by molar-refractivity contribution is 4.94. The van der Waals surface area contributed by atoms with Crippen molar-refractivity contribution < 1.29 is 9.84 Å². The van der Waals surface area contributed by atoms with Gasteiger partial charge in [0, 0.05) is 6.61 Å². The Hall–Kier alpha value is -0.120. The minimum Gasteiger partial charge on any atom is -0.394 e. The lowest BCUT2D eigenvalue weighted by atomic mass is 9.94. The monoisotopic (exact) mass is 185 g/mol. The molecule has 13 heavy (non-hydrogen) atoms. The van der Waals surface area contributed by atoms with Gasteiger partial charge in [0.25, 0.3) is 0 Å². The van der Waals surface area contributed by atoms with E-state index in [2.05, 4.69) is 5.32 Å². The molecule has 2 N–H and O–H groups in total. The maximum atomic E-state index is 9.40. The molecule has 1 saturated heterocycles. The van der Waals surface area contributed by atoms with Gasteiger partial charge in [-0.1, -0.05) is 12.8 Å². The van der Waals surface area contributed by atoms with Crippen molar-refractivity contribution in [1.82, 2.24) is 5.32 Å². The molecule has 3 nitrogen and oxygen atoms in total. The number of nitrogens with one attached hydrogen (secondary N) is 1. The zero-order chi connectivity index (χ0) is 9.15. The summed E-state index contributed by atoms with van der Waals surface area (Å²) >= 11 is 0. The lowest BCUT2D eigenvalue weighted by molar-refractivity contribution is 0.0489. The van der Waals surface area contributed by atoms with Crippen molar-refractivity contribution in [3.63, 3.8) is 0 Å². The van der Waals surface area contributed by atoms with Crippen molar-refractivity contribution in [3.05, 3.63) is 0 Å². The summed E-state index contributed by atoms with van der Waals surface area (Å²) in [7, 11) is 0. The summed E-state index contributed by atoms with van der Waals surface area (Å²) in [5.74, 6) is 0.835. The van der Waals surface area contributed by atoms with Crippen molar-refractivity contribution in [3.8, 4) is 0 Å². The van der Waals surface area contributed by atoms with Crippen LogP contribution in [0.1, 0.15) is 25.7 Å². The van der Waals surface area contributed by atoms with Gasteiger partial charge in [0.15, 0.2) is 0 Å². The molecule has 1 heterocycles. The van der Waals surface area contributed by atoms with Gasteiger partial charge in [-0.2, -0.15) is 0 Å². The van der Waals surface area contributed by atoms with Crippen LogP contribution >= 0.6 is 0 Å². The average Bonchev–Trinajstić information content (AvgIpc) is 2.94. The fourth-order valence-electron chi connectivity index (χ4n) is 2.02. The summed E-state index contributed by atoms with van der Waals surface area (Å²) in [6.45, 7) is 2.70. The molecule has 0 aromatic heterocycles. The molecular formula is C10H19NO2. The van der Waals surface area contributed by atoms with Gasteiger partial charge in [0.1, 0.15) is 0 Å². The zero-order valence-electron chi connectivity index (χ0n) is 8.09. The van der Waals surface area contributed by atoms with E-state index >= 15 is 0 Å². The van der Waals surface area contributed by atoms with Crippen LogP contribution in [0.2, 0.25) is 0 Å². The topological polar surface area (TPSA) is 41.5 Å². The van der Waals surface area contributed by atoms with E-state index in [-0.39, 0.29) is 12.1 Å². The normalized spacial score (nSPS) is 35.8. The van der Waals surface area contributed by atoms with Gasteiger partial charge in [0.05, 0.1) is 18.8 Å². The number of aliphatic hydroxyl groups excluding tert-OH is 1. The molecule has 0 radical (unpaired) electrons. The van der Waals surface area contributed by atoms with E-state index in [1.54, 1.807) is 0 Å². The highest BCUT2D eigenvalue weighted by atomic mass is 16.5. The van der Waals surface area contributed by atoms with E-state index in [4.69, 9.17) is 4.74 Å². The standard InChI is InChI=1S/C10H19NO2/c12-7-10(6-9-2-3-9)8-13-5-1-4-11-10/h9,11-12H,1-8H2. The number of rotatable bonds is 3. The minimum atomic E-state index is -0.127. The quantitative estimate of drug-likeness (QED) is 0.674. The SMILES string of the molecule is OCC1(CC2CC2)COCCCN1. The number of hydrogen-bond acceptors (Lipinski definition) is 3. The molecule has 1 unspecified atom stereocenters. The molecule has 3 heteroatoms. The first-order valence-corrected chi connectivity index (χ1v) is 5.28. The van der Waals surface area contributed by atoms with E-state index in [0.717, 1.165) is 31.9 Å². The van der Waals surface area contributed by atoms with Crippen LogP contribution in [-0.4, -0.2) is 37.0 Å². The number of aliphatic hydroxyl groups is 1. The Morgan fingerprint density at radius 3 is 3.00 bits per heavy atom. The Labute approximate surface area is 79.5 Å². The third-order valence-corrected chi connectivity index (χ3v) is 3.02. The molecule has 0 aromatic carbocycles. The van der Waals surface area contributed by atoms with E-state index in [9.17, 15) is 5.11 Å². The number of ether oxygens (including phenoxy) is 1. The third-order valence-electron chi connectivity index (χ3n) is 3.02. The lowest BCUT2D eigenvalue weighted by Gasteiger charge is -2.31. The molecule has 76 valence electrons. The van der Waals surface area contributed by atoms with Crippen molar-refractivity contribution in [2.45, 2.75) is 31.2 Å². The smallest absolute Gasteiger partial charge is 0.0670 e. The maximum absolute atomic E-state index is 9.40. The highest BCUT2D eigenvalue weighted by Crippen LogP contribution is 2.37. The summed E-state index contributed by atoms with van der Waals surface area (Å²) in [5, 5.41) is 12.8. The van der Waals surface area contributed by atoms with Gasteiger partial charge < -0.3 is 15.2 Å². The maximum Gasteiger partial charge on any atom is 0.0670 e. The van der Waals surface area contributed by atoms with Gasteiger partial charge >= 0.3 is 0 Å². The van der Waals surface area contributed by atoms with E-state index in [0.29, 0.717) is 6.61 Å². The molecular weight excluding hydrogens is 166 g/mol. The van der Waals surface area contributed by atoms with Crippen LogP contribution in [0.4, 0.5) is 0 Å². The van der Waals surface area contributed by atoms with Crippen LogP contribution in [0, 0.1) is 5.92 Å². The molecule has 0 bridgehead atoms. The van der Waals surface area contributed by atoms with Gasteiger partial charge in [-0.05, 0) is 25.3 Å². The van der Waals surface area contributed by atoms with Gasteiger partial charge in [-0.3, -0.25) is 0 Å². The van der Waals surface area contributed by atoms with Crippen LogP contribution in [0.5, 0.6) is 0 Å². The fourth-order valence-corrected chi connectivity index (χ4v) is 2.02. The summed E-state index contributed by atoms with van der Waals surface area (Å²) in [4.78, 5) is 0. The van der Waals surface area contributed by atoms with Crippen molar-refractivity contribution >= 4 is 0 Å². The van der Waals surface area contributed by atoms with E-state index < -0.39 is 0 Å². The highest BCUT2D eigenvalue weighted by Gasteiger charge is 2.37. The Bertz CT molecular complexity index is 160. The second kappa shape index (κ2) is 3.95. The van der Waals surface area contributed by atoms with Gasteiger partial charge in [-0.15, -0.1) is 0 Å². The van der Waals surface area contributed by atoms with Gasteiger partial charge in [0.2, 0.25) is 0 Å². The fraction of sp³-hybridized carbons (Fsp3) is 1.00. The van der Waals surface area contributed by atoms with E-state index in [1.807, 2.05) is 0 Å². The molecule has 0 spiro atoms. The van der Waals surface area contributed by atoms with Crippen molar-refractivity contribution in [2.24, 2.45) is 5.92 Å². The first-order valence-electron chi connectivity index (χ1n) is 5.28.